The van der Waals surface area contributed by atoms with Crippen molar-refractivity contribution in [3.63, 3.8) is 0 Å². The average molecular weight is 465 g/mol. The van der Waals surface area contributed by atoms with Crippen molar-refractivity contribution in [2.75, 3.05) is 6.61 Å². The normalized spacial score (nSPS) is 16.1. The number of benzene rings is 2. The molecule has 0 radical (unpaired) electrons. The van der Waals surface area contributed by atoms with Gasteiger partial charge in [0.1, 0.15) is 12.6 Å². The third-order valence-corrected chi connectivity index (χ3v) is 6.85. The van der Waals surface area contributed by atoms with Gasteiger partial charge in [0.25, 0.3) is 0 Å². The summed E-state index contributed by atoms with van der Waals surface area (Å²) in [6.45, 7) is 2.24. The Balaban J connectivity index is 1.39. The molecule has 0 aromatic heterocycles. The van der Waals surface area contributed by atoms with Crippen LogP contribution in [0.5, 0.6) is 0 Å². The number of ether oxygens (including phenoxy) is 1. The van der Waals surface area contributed by atoms with Crippen LogP contribution >= 0.6 is 0 Å². The highest BCUT2D eigenvalue weighted by molar-refractivity contribution is 5.87. The van der Waals surface area contributed by atoms with Gasteiger partial charge in [0.05, 0.1) is 0 Å². The number of carbonyl (C=O) groups excluding carboxylic acids is 2. The number of carboxylic acid groups (broad SMARTS) is 1. The second kappa shape index (κ2) is 10.3. The Morgan fingerprint density at radius 3 is 2.24 bits per heavy atom. The molecule has 0 saturated heterocycles. The highest BCUT2D eigenvalue weighted by Crippen LogP contribution is 2.44. The number of carbonyl (C=O) groups is 3. The number of alkyl carbamates (subject to hydrolysis) is 1. The first-order valence-electron chi connectivity index (χ1n) is 12.1. The summed E-state index contributed by atoms with van der Waals surface area (Å²) < 4.78 is 5.56. The molecule has 7 nitrogen and oxygen atoms in total. The Bertz CT molecular complexity index is 1020. The van der Waals surface area contributed by atoms with Crippen molar-refractivity contribution in [2.45, 2.75) is 69.4 Å². The molecule has 0 aliphatic heterocycles. The van der Waals surface area contributed by atoms with Crippen LogP contribution in [0.1, 0.15) is 68.9 Å². The average Bonchev–Trinajstić information content (AvgIpc) is 3.52. The van der Waals surface area contributed by atoms with Crippen LogP contribution < -0.4 is 10.6 Å². The third-order valence-electron chi connectivity index (χ3n) is 6.85. The molecule has 0 bridgehead atoms. The molecule has 1 saturated carbocycles. The lowest BCUT2D eigenvalue weighted by Crippen LogP contribution is -2.51. The third kappa shape index (κ3) is 5.41. The van der Waals surface area contributed by atoms with Gasteiger partial charge in [-0.2, -0.15) is 0 Å². The zero-order valence-corrected chi connectivity index (χ0v) is 19.5. The molecule has 2 amide bonds. The van der Waals surface area contributed by atoms with E-state index in [0.29, 0.717) is 0 Å². The highest BCUT2D eigenvalue weighted by atomic mass is 16.5. The van der Waals surface area contributed by atoms with Crippen LogP contribution in [0.15, 0.2) is 48.5 Å². The molecular formula is C27H32N2O5. The quantitative estimate of drug-likeness (QED) is 0.451. The zero-order valence-electron chi connectivity index (χ0n) is 19.5. The lowest BCUT2D eigenvalue weighted by Gasteiger charge is -2.23. The van der Waals surface area contributed by atoms with E-state index in [4.69, 9.17) is 9.84 Å². The van der Waals surface area contributed by atoms with Gasteiger partial charge in [0, 0.05) is 17.9 Å². The molecule has 1 fully saturated rings. The van der Waals surface area contributed by atoms with Gasteiger partial charge in [0.2, 0.25) is 5.91 Å². The Morgan fingerprint density at radius 1 is 1.06 bits per heavy atom. The molecule has 4 rings (SSSR count). The molecule has 0 spiro atoms. The maximum Gasteiger partial charge on any atom is 0.407 e. The molecule has 0 heterocycles. The lowest BCUT2D eigenvalue weighted by atomic mass is 9.98. The second-order valence-corrected chi connectivity index (χ2v) is 9.33. The van der Waals surface area contributed by atoms with E-state index in [9.17, 15) is 14.4 Å². The molecule has 7 heteroatoms. The summed E-state index contributed by atoms with van der Waals surface area (Å²) in [6.07, 6.45) is 3.85. The van der Waals surface area contributed by atoms with Gasteiger partial charge in [-0.3, -0.25) is 9.59 Å². The first kappa shape index (κ1) is 23.8. The van der Waals surface area contributed by atoms with Gasteiger partial charge in [-0.05, 0) is 47.9 Å². The Morgan fingerprint density at radius 2 is 1.68 bits per heavy atom. The molecule has 2 aliphatic carbocycles. The standard InChI is InChI=1S/C27H32N2O5/c1-2-3-14-27(15-16-27)29-25(32)23(12-13-24(30)31)28-26(33)34-17-22-20-10-6-4-8-18(20)19-9-5-7-11-21(19)22/h4-11,22-23H,2-3,12-17H2,1H3,(H,28,33)(H,29,32)(H,30,31). The van der Waals surface area contributed by atoms with Gasteiger partial charge in [-0.1, -0.05) is 68.3 Å². The predicted molar refractivity (Wildman–Crippen MR) is 128 cm³/mol. The number of hydrogen-bond donors (Lipinski definition) is 3. The molecular weight excluding hydrogens is 432 g/mol. The predicted octanol–water partition coefficient (Wildman–Crippen LogP) is 4.60. The smallest absolute Gasteiger partial charge is 0.407 e. The van der Waals surface area contributed by atoms with Crippen LogP contribution in [0.4, 0.5) is 4.79 Å². The van der Waals surface area contributed by atoms with E-state index in [1.807, 2.05) is 36.4 Å². The van der Waals surface area contributed by atoms with Crippen molar-refractivity contribution < 1.29 is 24.2 Å². The summed E-state index contributed by atoms with van der Waals surface area (Å²) >= 11 is 0. The number of nitrogens with one attached hydrogen (secondary N) is 2. The Labute approximate surface area is 199 Å². The van der Waals surface area contributed by atoms with Gasteiger partial charge in [-0.25, -0.2) is 4.79 Å². The summed E-state index contributed by atoms with van der Waals surface area (Å²) in [5, 5.41) is 14.8. The summed E-state index contributed by atoms with van der Waals surface area (Å²) in [5.41, 5.74) is 4.25. The molecule has 2 aliphatic rings. The minimum Gasteiger partial charge on any atom is -0.481 e. The van der Waals surface area contributed by atoms with E-state index in [0.717, 1.165) is 54.4 Å². The Kier molecular flexibility index (Phi) is 7.20. The summed E-state index contributed by atoms with van der Waals surface area (Å²) in [5.74, 6) is -1.45. The largest absolute Gasteiger partial charge is 0.481 e. The number of amides is 2. The molecule has 2 aromatic rings. The topological polar surface area (TPSA) is 105 Å². The van der Waals surface area contributed by atoms with Crippen LogP contribution in [0.2, 0.25) is 0 Å². The fraction of sp³-hybridized carbons (Fsp3) is 0.444. The number of unbranched alkanes of at least 4 members (excludes halogenated alkanes) is 1. The van der Waals surface area contributed by atoms with E-state index in [2.05, 4.69) is 29.7 Å². The van der Waals surface area contributed by atoms with Gasteiger partial charge in [-0.15, -0.1) is 0 Å². The van der Waals surface area contributed by atoms with E-state index < -0.39 is 18.1 Å². The van der Waals surface area contributed by atoms with Crippen molar-refractivity contribution in [2.24, 2.45) is 0 Å². The Hall–Kier alpha value is -3.35. The number of carboxylic acids is 1. The van der Waals surface area contributed by atoms with Crippen molar-refractivity contribution in [3.05, 3.63) is 59.7 Å². The molecule has 1 unspecified atom stereocenters. The van der Waals surface area contributed by atoms with Crippen LogP contribution in [0.25, 0.3) is 11.1 Å². The fourth-order valence-electron chi connectivity index (χ4n) is 4.77. The SMILES string of the molecule is CCCCC1(NC(=O)C(CCC(=O)O)NC(=O)OCC2c3ccccc3-c3ccccc32)CC1. The van der Waals surface area contributed by atoms with E-state index in [1.165, 1.54) is 0 Å². The van der Waals surface area contributed by atoms with E-state index in [-0.39, 0.29) is 36.8 Å². The monoisotopic (exact) mass is 464 g/mol. The summed E-state index contributed by atoms with van der Waals surface area (Å²) in [4.78, 5) is 36.7. The molecule has 2 aromatic carbocycles. The molecule has 34 heavy (non-hydrogen) atoms. The first-order chi connectivity index (χ1) is 16.4. The lowest BCUT2D eigenvalue weighted by molar-refractivity contribution is -0.137. The number of fused-ring (bicyclic) bond motifs is 3. The van der Waals surface area contributed by atoms with Crippen molar-refractivity contribution in [3.8, 4) is 11.1 Å². The van der Waals surface area contributed by atoms with Gasteiger partial charge in [0.15, 0.2) is 0 Å². The minimum absolute atomic E-state index is 0.00915. The maximum absolute atomic E-state index is 12.9. The van der Waals surface area contributed by atoms with Gasteiger partial charge < -0.3 is 20.5 Å². The number of rotatable bonds is 11. The van der Waals surface area contributed by atoms with Gasteiger partial charge >= 0.3 is 12.1 Å². The van der Waals surface area contributed by atoms with E-state index in [1.54, 1.807) is 0 Å². The zero-order chi connectivity index (χ0) is 24.1. The maximum atomic E-state index is 12.9. The first-order valence-corrected chi connectivity index (χ1v) is 12.1. The van der Waals surface area contributed by atoms with Crippen LogP contribution in [0, 0.1) is 0 Å². The number of hydrogen-bond acceptors (Lipinski definition) is 4. The van der Waals surface area contributed by atoms with Crippen molar-refractivity contribution in [1.82, 2.24) is 10.6 Å². The second-order valence-electron chi connectivity index (χ2n) is 9.33. The number of aliphatic carboxylic acids is 1. The van der Waals surface area contributed by atoms with E-state index >= 15 is 0 Å². The highest BCUT2D eigenvalue weighted by Gasteiger charge is 2.44. The fourth-order valence-corrected chi connectivity index (χ4v) is 4.77. The van der Waals surface area contributed by atoms with Crippen molar-refractivity contribution >= 4 is 18.0 Å². The summed E-state index contributed by atoms with van der Waals surface area (Å²) in [6, 6.07) is 15.2. The minimum atomic E-state index is -1.01. The summed E-state index contributed by atoms with van der Waals surface area (Å²) in [7, 11) is 0. The molecule has 1 atom stereocenters. The van der Waals surface area contributed by atoms with Crippen LogP contribution in [0.3, 0.4) is 0 Å². The van der Waals surface area contributed by atoms with Crippen LogP contribution in [-0.4, -0.2) is 41.3 Å². The molecule has 180 valence electrons. The molecule has 3 N–H and O–H groups in total. The van der Waals surface area contributed by atoms with Crippen molar-refractivity contribution in [1.29, 1.82) is 0 Å². The van der Waals surface area contributed by atoms with Crippen LogP contribution in [-0.2, 0) is 14.3 Å².